The van der Waals surface area contributed by atoms with Gasteiger partial charge in [-0.05, 0) is 30.5 Å². The third-order valence-corrected chi connectivity index (χ3v) is 4.81. The van der Waals surface area contributed by atoms with Gasteiger partial charge in [-0.2, -0.15) is 0 Å². The molecule has 0 unspecified atom stereocenters. The van der Waals surface area contributed by atoms with Gasteiger partial charge in [0.1, 0.15) is 0 Å². The van der Waals surface area contributed by atoms with E-state index in [0.717, 1.165) is 30.5 Å². The van der Waals surface area contributed by atoms with Crippen molar-refractivity contribution >= 4 is 35.3 Å². The van der Waals surface area contributed by atoms with Crippen LogP contribution in [0.5, 0.6) is 0 Å². The summed E-state index contributed by atoms with van der Waals surface area (Å²) in [5, 5.41) is -0.181. The normalized spacial score (nSPS) is 22.4. The van der Waals surface area contributed by atoms with Crippen LogP contribution in [0.2, 0.25) is 0 Å². The number of rotatable bonds is 5. The minimum Gasteiger partial charge on any atom is -0.329 e. The maximum Gasteiger partial charge on any atom is 0.293 e. The second kappa shape index (κ2) is 8.70. The fraction of sp³-hybridized carbons (Fsp3) is 0.714. The van der Waals surface area contributed by atoms with Gasteiger partial charge in [0.2, 0.25) is 0 Å². The zero-order chi connectivity index (χ0) is 13.7. The van der Waals surface area contributed by atoms with E-state index >= 15 is 0 Å². The topological polar surface area (TPSA) is 63.4 Å². The van der Waals surface area contributed by atoms with Crippen molar-refractivity contribution < 1.29 is 9.59 Å². The summed E-state index contributed by atoms with van der Waals surface area (Å²) in [5.74, 6) is 0.645. The highest BCUT2D eigenvalue weighted by molar-refractivity contribution is 8.18. The molecule has 6 heteroatoms. The first-order valence-electron chi connectivity index (χ1n) is 7.16. The Bertz CT molecular complexity index is 381. The summed E-state index contributed by atoms with van der Waals surface area (Å²) in [7, 11) is 0. The van der Waals surface area contributed by atoms with Crippen molar-refractivity contribution in [3.05, 3.63) is 11.0 Å². The maximum absolute atomic E-state index is 11.9. The molecule has 0 bridgehead atoms. The summed E-state index contributed by atoms with van der Waals surface area (Å²) in [6, 6.07) is 0. The molecule has 0 spiro atoms. The van der Waals surface area contributed by atoms with Crippen LogP contribution < -0.4 is 5.73 Å². The first-order valence-corrected chi connectivity index (χ1v) is 7.98. The maximum atomic E-state index is 11.9. The SMILES string of the molecule is Cl.NCCN1C(=O)S/C(=C\CCC2CCCCC2)C1=O. The van der Waals surface area contributed by atoms with E-state index in [0.29, 0.717) is 18.0 Å². The summed E-state index contributed by atoms with van der Waals surface area (Å²) >= 11 is 1.05. The minimum absolute atomic E-state index is 0. The molecular formula is C14H23ClN2O2S. The fourth-order valence-electron chi connectivity index (χ4n) is 2.79. The highest BCUT2D eigenvalue weighted by atomic mass is 35.5. The minimum atomic E-state index is -0.181. The van der Waals surface area contributed by atoms with Crippen molar-refractivity contribution in [2.45, 2.75) is 44.9 Å². The molecule has 0 radical (unpaired) electrons. The van der Waals surface area contributed by atoms with E-state index < -0.39 is 0 Å². The van der Waals surface area contributed by atoms with Crippen LogP contribution in [0, 0.1) is 5.92 Å². The molecule has 4 nitrogen and oxygen atoms in total. The van der Waals surface area contributed by atoms with Crippen molar-refractivity contribution in [2.75, 3.05) is 13.1 Å². The zero-order valence-electron chi connectivity index (χ0n) is 11.7. The summed E-state index contributed by atoms with van der Waals surface area (Å²) < 4.78 is 0. The average molecular weight is 319 g/mol. The van der Waals surface area contributed by atoms with Crippen molar-refractivity contribution in [3.63, 3.8) is 0 Å². The molecule has 0 atom stereocenters. The highest BCUT2D eigenvalue weighted by Crippen LogP contribution is 2.32. The largest absolute Gasteiger partial charge is 0.329 e. The van der Waals surface area contributed by atoms with E-state index in [9.17, 15) is 9.59 Å². The first kappa shape index (κ1) is 17.5. The van der Waals surface area contributed by atoms with E-state index in [1.807, 2.05) is 6.08 Å². The number of hydrogen-bond donors (Lipinski definition) is 1. The highest BCUT2D eigenvalue weighted by Gasteiger charge is 2.34. The van der Waals surface area contributed by atoms with Gasteiger partial charge in [0.05, 0.1) is 4.91 Å². The van der Waals surface area contributed by atoms with Gasteiger partial charge in [0.15, 0.2) is 0 Å². The molecule has 1 saturated carbocycles. The van der Waals surface area contributed by atoms with Gasteiger partial charge in [-0.1, -0.05) is 38.2 Å². The summed E-state index contributed by atoms with van der Waals surface area (Å²) in [4.78, 5) is 25.4. The second-order valence-electron chi connectivity index (χ2n) is 5.26. The van der Waals surface area contributed by atoms with Gasteiger partial charge in [-0.25, -0.2) is 0 Å². The lowest BCUT2D eigenvalue weighted by molar-refractivity contribution is -0.122. The Morgan fingerprint density at radius 1 is 1.25 bits per heavy atom. The predicted octanol–water partition coefficient (Wildman–Crippen LogP) is 3.31. The van der Waals surface area contributed by atoms with E-state index in [1.54, 1.807) is 0 Å². The van der Waals surface area contributed by atoms with Crippen LogP contribution in [0.25, 0.3) is 0 Å². The number of allylic oxidation sites excluding steroid dienone is 1. The lowest BCUT2D eigenvalue weighted by atomic mass is 9.86. The van der Waals surface area contributed by atoms with Crippen molar-refractivity contribution in [1.29, 1.82) is 0 Å². The molecule has 2 aliphatic rings. The van der Waals surface area contributed by atoms with Crippen LogP contribution in [-0.2, 0) is 4.79 Å². The van der Waals surface area contributed by atoms with Crippen LogP contribution in [0.1, 0.15) is 44.9 Å². The van der Waals surface area contributed by atoms with Gasteiger partial charge in [0, 0.05) is 13.1 Å². The summed E-state index contributed by atoms with van der Waals surface area (Å²) in [6.07, 6.45) is 10.7. The predicted molar refractivity (Wildman–Crippen MR) is 84.9 cm³/mol. The standard InChI is InChI=1S/C14H22N2O2S.ClH/c15-9-10-16-13(17)12(19-14(16)18)8-4-7-11-5-2-1-3-6-11;/h8,11H,1-7,9-10,15H2;1H/b12-8-;. The van der Waals surface area contributed by atoms with E-state index in [1.165, 1.54) is 37.0 Å². The Morgan fingerprint density at radius 3 is 2.60 bits per heavy atom. The molecule has 1 heterocycles. The van der Waals surface area contributed by atoms with E-state index in [4.69, 9.17) is 5.73 Å². The number of carbonyl (C=O) groups is 2. The number of thioether (sulfide) groups is 1. The number of hydrogen-bond acceptors (Lipinski definition) is 4. The first-order chi connectivity index (χ1) is 9.22. The van der Waals surface area contributed by atoms with Crippen LogP contribution in [0.3, 0.4) is 0 Å². The Morgan fingerprint density at radius 2 is 1.95 bits per heavy atom. The molecule has 0 aromatic carbocycles. The molecule has 114 valence electrons. The molecule has 2 fully saturated rings. The smallest absolute Gasteiger partial charge is 0.293 e. The average Bonchev–Trinajstić information content (AvgIpc) is 2.68. The van der Waals surface area contributed by atoms with Gasteiger partial charge < -0.3 is 5.73 Å². The molecule has 1 aliphatic carbocycles. The summed E-state index contributed by atoms with van der Waals surface area (Å²) in [5.41, 5.74) is 5.40. The Kier molecular flexibility index (Phi) is 7.62. The number of nitrogens with zero attached hydrogens (tertiary/aromatic N) is 1. The zero-order valence-corrected chi connectivity index (χ0v) is 13.3. The molecule has 0 aromatic rings. The lowest BCUT2D eigenvalue weighted by Crippen LogP contribution is -2.33. The summed E-state index contributed by atoms with van der Waals surface area (Å²) in [6.45, 7) is 0.651. The Balaban J connectivity index is 0.00000200. The molecule has 2 amide bonds. The van der Waals surface area contributed by atoms with E-state index in [2.05, 4.69) is 0 Å². The van der Waals surface area contributed by atoms with Crippen molar-refractivity contribution in [1.82, 2.24) is 4.90 Å². The number of imide groups is 1. The molecular weight excluding hydrogens is 296 g/mol. The van der Waals surface area contributed by atoms with Gasteiger partial charge in [0.25, 0.3) is 11.1 Å². The molecule has 20 heavy (non-hydrogen) atoms. The molecule has 2 N–H and O–H groups in total. The molecule has 1 aliphatic heterocycles. The fourth-order valence-corrected chi connectivity index (χ4v) is 3.66. The van der Waals surface area contributed by atoms with Crippen molar-refractivity contribution in [3.8, 4) is 0 Å². The molecule has 2 rings (SSSR count). The van der Waals surface area contributed by atoms with Crippen LogP contribution in [0.4, 0.5) is 4.79 Å². The molecule has 0 aromatic heterocycles. The van der Waals surface area contributed by atoms with Gasteiger partial charge >= 0.3 is 0 Å². The van der Waals surface area contributed by atoms with Crippen LogP contribution >= 0.6 is 24.2 Å². The number of amides is 2. The quantitative estimate of drug-likeness (QED) is 0.790. The lowest BCUT2D eigenvalue weighted by Gasteiger charge is -2.20. The third-order valence-electron chi connectivity index (χ3n) is 3.86. The number of halogens is 1. The molecule has 1 saturated heterocycles. The van der Waals surface area contributed by atoms with Crippen LogP contribution in [0.15, 0.2) is 11.0 Å². The third kappa shape index (κ3) is 4.50. The van der Waals surface area contributed by atoms with E-state index in [-0.39, 0.29) is 23.6 Å². The number of nitrogens with two attached hydrogens (primary N) is 1. The number of carbonyl (C=O) groups excluding carboxylic acids is 2. The second-order valence-corrected chi connectivity index (χ2v) is 6.26. The Hall–Kier alpha value is -0.520. The van der Waals surface area contributed by atoms with Gasteiger partial charge in [-0.15, -0.1) is 12.4 Å². The van der Waals surface area contributed by atoms with Crippen molar-refractivity contribution in [2.24, 2.45) is 11.7 Å². The van der Waals surface area contributed by atoms with Crippen LogP contribution in [-0.4, -0.2) is 29.1 Å². The van der Waals surface area contributed by atoms with Gasteiger partial charge in [-0.3, -0.25) is 14.5 Å². The Labute approximate surface area is 130 Å². The monoisotopic (exact) mass is 318 g/mol.